The normalized spacial score (nSPS) is 12.1. The van der Waals surface area contributed by atoms with Crippen molar-refractivity contribution < 1.29 is 19.0 Å². The lowest BCUT2D eigenvalue weighted by Crippen LogP contribution is -2.05. The fourth-order valence-electron chi connectivity index (χ4n) is 2.02. The first kappa shape index (κ1) is 16.1. The molecule has 0 saturated carbocycles. The van der Waals surface area contributed by atoms with Gasteiger partial charge in [0, 0.05) is 15.6 Å². The molecule has 1 unspecified atom stereocenters. The zero-order valence-corrected chi connectivity index (χ0v) is 13.7. The molecule has 0 fully saturated rings. The zero-order chi connectivity index (χ0) is 15.6. The van der Waals surface area contributed by atoms with Crippen LogP contribution in [0.25, 0.3) is 0 Å². The van der Waals surface area contributed by atoms with E-state index in [0.717, 1.165) is 0 Å². The summed E-state index contributed by atoms with van der Waals surface area (Å²) in [7, 11) is 2.90. The van der Waals surface area contributed by atoms with E-state index in [2.05, 4.69) is 15.9 Å². The minimum atomic E-state index is -1.20. The second kappa shape index (κ2) is 6.64. The minimum Gasteiger partial charge on any atom is -0.495 e. The van der Waals surface area contributed by atoms with Gasteiger partial charge in [0.25, 0.3) is 0 Å². The number of benzene rings is 2. The number of aliphatic hydroxyl groups is 1. The molecule has 0 aliphatic rings. The lowest BCUT2D eigenvalue weighted by atomic mass is 10.00. The van der Waals surface area contributed by atoms with Gasteiger partial charge < -0.3 is 14.6 Å². The maximum absolute atomic E-state index is 14.0. The molecule has 2 aromatic carbocycles. The Morgan fingerprint density at radius 2 is 1.81 bits per heavy atom. The Bertz CT molecular complexity index is 664. The Morgan fingerprint density at radius 3 is 2.38 bits per heavy atom. The molecule has 1 N–H and O–H groups in total. The standard InChI is InChI=1S/C15H13BrClFO3/c1-20-12-6-5-10(15(21-2)13(12)17)14(19)9-4-3-8(16)7-11(9)18/h3-7,14,19H,1-2H3. The van der Waals surface area contributed by atoms with Gasteiger partial charge in [0.15, 0.2) is 0 Å². The summed E-state index contributed by atoms with van der Waals surface area (Å²) in [4.78, 5) is 0. The van der Waals surface area contributed by atoms with Crippen LogP contribution in [0, 0.1) is 5.82 Å². The highest BCUT2D eigenvalue weighted by Crippen LogP contribution is 2.41. The van der Waals surface area contributed by atoms with E-state index in [-0.39, 0.29) is 16.3 Å². The van der Waals surface area contributed by atoms with Crippen molar-refractivity contribution in [1.29, 1.82) is 0 Å². The van der Waals surface area contributed by atoms with E-state index in [9.17, 15) is 9.50 Å². The number of hydrogen-bond acceptors (Lipinski definition) is 3. The second-order valence-corrected chi connectivity index (χ2v) is 5.57. The molecule has 0 spiro atoms. The maximum atomic E-state index is 14.0. The zero-order valence-electron chi connectivity index (χ0n) is 11.4. The molecule has 21 heavy (non-hydrogen) atoms. The van der Waals surface area contributed by atoms with Crippen LogP contribution in [0.4, 0.5) is 4.39 Å². The van der Waals surface area contributed by atoms with Crippen LogP contribution in [0.15, 0.2) is 34.8 Å². The topological polar surface area (TPSA) is 38.7 Å². The number of methoxy groups -OCH3 is 2. The van der Waals surface area contributed by atoms with E-state index in [0.29, 0.717) is 15.8 Å². The molecule has 2 aromatic rings. The van der Waals surface area contributed by atoms with Crippen molar-refractivity contribution >= 4 is 27.5 Å². The predicted molar refractivity (Wildman–Crippen MR) is 82.7 cm³/mol. The average Bonchev–Trinajstić information content (AvgIpc) is 2.46. The van der Waals surface area contributed by atoms with Crippen LogP contribution in [0.5, 0.6) is 11.5 Å². The van der Waals surface area contributed by atoms with Crippen molar-refractivity contribution in [2.75, 3.05) is 14.2 Å². The summed E-state index contributed by atoms with van der Waals surface area (Å²) in [6.07, 6.45) is -1.20. The van der Waals surface area contributed by atoms with Crippen LogP contribution in [-0.4, -0.2) is 19.3 Å². The Balaban J connectivity index is 2.52. The largest absolute Gasteiger partial charge is 0.495 e. The van der Waals surface area contributed by atoms with E-state index < -0.39 is 11.9 Å². The van der Waals surface area contributed by atoms with Crippen LogP contribution in [0.2, 0.25) is 5.02 Å². The van der Waals surface area contributed by atoms with Gasteiger partial charge in [-0.15, -0.1) is 0 Å². The molecule has 1 atom stereocenters. The Morgan fingerprint density at radius 1 is 1.14 bits per heavy atom. The third-order valence-corrected chi connectivity index (χ3v) is 3.92. The summed E-state index contributed by atoms with van der Waals surface area (Å²) >= 11 is 9.32. The van der Waals surface area contributed by atoms with E-state index in [1.807, 2.05) is 0 Å². The molecule has 0 bridgehead atoms. The van der Waals surface area contributed by atoms with Crippen LogP contribution in [0.3, 0.4) is 0 Å². The molecule has 2 rings (SSSR count). The summed E-state index contributed by atoms with van der Waals surface area (Å²) in [5.41, 5.74) is 0.502. The Kier molecular flexibility index (Phi) is 5.08. The molecule has 0 radical (unpaired) electrons. The molecule has 0 aliphatic carbocycles. The average molecular weight is 376 g/mol. The highest BCUT2D eigenvalue weighted by molar-refractivity contribution is 9.10. The molecule has 112 valence electrons. The Labute approximate surface area is 135 Å². The highest BCUT2D eigenvalue weighted by atomic mass is 79.9. The second-order valence-electron chi connectivity index (χ2n) is 4.27. The lowest BCUT2D eigenvalue weighted by molar-refractivity contribution is 0.209. The molecule has 0 heterocycles. The van der Waals surface area contributed by atoms with E-state index in [1.165, 1.54) is 26.4 Å². The van der Waals surface area contributed by atoms with Gasteiger partial charge in [-0.25, -0.2) is 4.39 Å². The van der Waals surface area contributed by atoms with E-state index in [4.69, 9.17) is 21.1 Å². The first-order valence-electron chi connectivity index (χ1n) is 6.03. The number of halogens is 3. The van der Waals surface area contributed by atoms with Crippen molar-refractivity contribution in [2.45, 2.75) is 6.10 Å². The summed E-state index contributed by atoms with van der Waals surface area (Å²) < 4.78 is 24.9. The lowest BCUT2D eigenvalue weighted by Gasteiger charge is -2.18. The van der Waals surface area contributed by atoms with Gasteiger partial charge >= 0.3 is 0 Å². The summed E-state index contributed by atoms with van der Waals surface area (Å²) in [6, 6.07) is 7.63. The number of aliphatic hydroxyl groups excluding tert-OH is 1. The van der Waals surface area contributed by atoms with Crippen molar-refractivity contribution in [1.82, 2.24) is 0 Å². The predicted octanol–water partition coefficient (Wildman–Crippen LogP) is 4.34. The highest BCUT2D eigenvalue weighted by Gasteiger charge is 2.22. The summed E-state index contributed by atoms with van der Waals surface area (Å²) in [5, 5.41) is 10.7. The molecule has 6 heteroatoms. The van der Waals surface area contributed by atoms with Crippen molar-refractivity contribution in [3.05, 3.63) is 56.8 Å². The first-order chi connectivity index (χ1) is 9.99. The molecular weight excluding hydrogens is 363 g/mol. The first-order valence-corrected chi connectivity index (χ1v) is 7.20. The van der Waals surface area contributed by atoms with Gasteiger partial charge in [0.1, 0.15) is 28.4 Å². The molecule has 0 aliphatic heterocycles. The van der Waals surface area contributed by atoms with E-state index in [1.54, 1.807) is 18.2 Å². The number of hydrogen-bond donors (Lipinski definition) is 1. The van der Waals surface area contributed by atoms with Gasteiger partial charge in [0.2, 0.25) is 0 Å². The Hall–Kier alpha value is -1.30. The van der Waals surface area contributed by atoms with Gasteiger partial charge in [-0.1, -0.05) is 33.6 Å². The van der Waals surface area contributed by atoms with Gasteiger partial charge in [-0.05, 0) is 24.3 Å². The van der Waals surface area contributed by atoms with Gasteiger partial charge in [0.05, 0.1) is 14.2 Å². The molecule has 3 nitrogen and oxygen atoms in total. The van der Waals surface area contributed by atoms with Crippen LogP contribution in [0.1, 0.15) is 17.2 Å². The molecule has 0 saturated heterocycles. The summed E-state index contributed by atoms with van der Waals surface area (Å²) in [6.45, 7) is 0. The number of rotatable bonds is 4. The summed E-state index contributed by atoms with van der Waals surface area (Å²) in [5.74, 6) is 0.150. The molecular formula is C15H13BrClFO3. The quantitative estimate of drug-likeness (QED) is 0.864. The smallest absolute Gasteiger partial charge is 0.147 e. The van der Waals surface area contributed by atoms with Gasteiger partial charge in [-0.3, -0.25) is 0 Å². The molecule has 0 amide bonds. The van der Waals surface area contributed by atoms with Crippen molar-refractivity contribution in [2.24, 2.45) is 0 Å². The third kappa shape index (κ3) is 3.15. The molecule has 0 aromatic heterocycles. The van der Waals surface area contributed by atoms with Crippen molar-refractivity contribution in [3.63, 3.8) is 0 Å². The van der Waals surface area contributed by atoms with Gasteiger partial charge in [-0.2, -0.15) is 0 Å². The monoisotopic (exact) mass is 374 g/mol. The van der Waals surface area contributed by atoms with Crippen LogP contribution in [-0.2, 0) is 0 Å². The fourth-order valence-corrected chi connectivity index (χ4v) is 2.68. The van der Waals surface area contributed by atoms with Crippen molar-refractivity contribution in [3.8, 4) is 11.5 Å². The van der Waals surface area contributed by atoms with E-state index >= 15 is 0 Å². The third-order valence-electron chi connectivity index (χ3n) is 3.07. The number of ether oxygens (including phenoxy) is 2. The van der Waals surface area contributed by atoms with Crippen LogP contribution < -0.4 is 9.47 Å². The minimum absolute atomic E-state index is 0.137. The van der Waals surface area contributed by atoms with Crippen LogP contribution >= 0.6 is 27.5 Å². The maximum Gasteiger partial charge on any atom is 0.147 e. The fraction of sp³-hybridized carbons (Fsp3) is 0.200. The SMILES string of the molecule is COc1ccc(C(O)c2ccc(Br)cc2F)c(OC)c1Cl.